The van der Waals surface area contributed by atoms with Gasteiger partial charge in [0.05, 0.1) is 31.0 Å². The zero-order valence-corrected chi connectivity index (χ0v) is 19.7. The molecular formula is C24H20Cl2N2O6. The quantitative estimate of drug-likeness (QED) is 0.196. The average molecular weight is 503 g/mol. The molecule has 0 aromatic heterocycles. The van der Waals surface area contributed by atoms with Gasteiger partial charge in [0.1, 0.15) is 11.5 Å². The van der Waals surface area contributed by atoms with E-state index in [9.17, 15) is 9.59 Å². The summed E-state index contributed by atoms with van der Waals surface area (Å²) in [6.07, 6.45) is 1.36. The topological polar surface area (TPSA) is 95.5 Å². The van der Waals surface area contributed by atoms with Crippen LogP contribution in [-0.4, -0.2) is 38.9 Å². The van der Waals surface area contributed by atoms with Crippen LogP contribution in [0.5, 0.6) is 23.0 Å². The number of carbonyl (C=O) groups is 2. The minimum Gasteiger partial charge on any atom is -0.497 e. The number of hydrazone groups is 1. The van der Waals surface area contributed by atoms with Crippen molar-refractivity contribution in [2.75, 3.05) is 20.8 Å². The second-order valence-electron chi connectivity index (χ2n) is 6.69. The highest BCUT2D eigenvalue weighted by atomic mass is 35.5. The number of nitrogens with one attached hydrogen (secondary N) is 1. The molecule has 0 radical (unpaired) electrons. The van der Waals surface area contributed by atoms with Gasteiger partial charge in [-0.15, -0.1) is 0 Å². The standard InChI is InChI=1S/C24H20Cl2N2O6/c1-31-18-7-3-16(4-8-18)24(30)34-23-20(26)11-15(12-21(23)32-2)13-27-28-22(29)14-33-19-9-5-17(25)6-10-19/h3-13H,14H2,1-2H3,(H,28,29)/b27-13-. The van der Waals surface area contributed by atoms with Gasteiger partial charge in [-0.05, 0) is 66.2 Å². The molecule has 34 heavy (non-hydrogen) atoms. The molecule has 3 aromatic rings. The van der Waals surface area contributed by atoms with Crippen molar-refractivity contribution in [3.63, 3.8) is 0 Å². The molecule has 1 N–H and O–H groups in total. The summed E-state index contributed by atoms with van der Waals surface area (Å²) in [4.78, 5) is 24.4. The lowest BCUT2D eigenvalue weighted by atomic mass is 10.2. The van der Waals surface area contributed by atoms with E-state index in [1.54, 1.807) is 54.6 Å². The Labute approximate surface area is 206 Å². The molecular weight excluding hydrogens is 483 g/mol. The first-order valence-corrected chi connectivity index (χ1v) is 10.6. The van der Waals surface area contributed by atoms with E-state index >= 15 is 0 Å². The summed E-state index contributed by atoms with van der Waals surface area (Å²) in [7, 11) is 2.94. The Bertz CT molecular complexity index is 1180. The van der Waals surface area contributed by atoms with Crippen LogP contribution in [0.3, 0.4) is 0 Å². The number of hydrogen-bond acceptors (Lipinski definition) is 7. The van der Waals surface area contributed by atoms with Crippen molar-refractivity contribution in [2.45, 2.75) is 0 Å². The van der Waals surface area contributed by atoms with Crippen LogP contribution in [0.2, 0.25) is 10.0 Å². The van der Waals surface area contributed by atoms with Crippen LogP contribution in [0.15, 0.2) is 65.8 Å². The van der Waals surface area contributed by atoms with Crippen LogP contribution in [0, 0.1) is 0 Å². The lowest BCUT2D eigenvalue weighted by Gasteiger charge is -2.12. The van der Waals surface area contributed by atoms with Gasteiger partial charge in [0.25, 0.3) is 5.91 Å². The molecule has 3 rings (SSSR count). The monoisotopic (exact) mass is 502 g/mol. The molecule has 8 nitrogen and oxygen atoms in total. The van der Waals surface area contributed by atoms with Gasteiger partial charge < -0.3 is 18.9 Å². The summed E-state index contributed by atoms with van der Waals surface area (Å²) in [5, 5.41) is 4.57. The molecule has 0 spiro atoms. The van der Waals surface area contributed by atoms with E-state index in [0.717, 1.165) is 0 Å². The molecule has 0 bridgehead atoms. The fourth-order valence-electron chi connectivity index (χ4n) is 2.68. The molecule has 0 saturated heterocycles. The van der Waals surface area contributed by atoms with Gasteiger partial charge in [0, 0.05) is 5.02 Å². The van der Waals surface area contributed by atoms with Crippen molar-refractivity contribution in [1.29, 1.82) is 0 Å². The number of benzene rings is 3. The largest absolute Gasteiger partial charge is 0.497 e. The van der Waals surface area contributed by atoms with Gasteiger partial charge in [-0.2, -0.15) is 5.10 Å². The molecule has 0 unspecified atom stereocenters. The Morgan fingerprint density at radius 1 is 0.941 bits per heavy atom. The third-order valence-corrected chi connectivity index (χ3v) is 4.89. The van der Waals surface area contributed by atoms with Crippen molar-refractivity contribution in [1.82, 2.24) is 5.43 Å². The lowest BCUT2D eigenvalue weighted by molar-refractivity contribution is -0.123. The number of halogens is 2. The Morgan fingerprint density at radius 3 is 2.26 bits per heavy atom. The second kappa shape index (κ2) is 11.9. The van der Waals surface area contributed by atoms with Crippen molar-refractivity contribution in [3.05, 3.63) is 81.8 Å². The highest BCUT2D eigenvalue weighted by Gasteiger charge is 2.17. The summed E-state index contributed by atoms with van der Waals surface area (Å²) in [5.41, 5.74) is 3.17. The first-order valence-electron chi connectivity index (χ1n) is 9.83. The van der Waals surface area contributed by atoms with Crippen molar-refractivity contribution in [2.24, 2.45) is 5.10 Å². The van der Waals surface area contributed by atoms with Gasteiger partial charge in [-0.1, -0.05) is 23.2 Å². The third-order valence-electron chi connectivity index (χ3n) is 4.36. The number of hydrogen-bond donors (Lipinski definition) is 1. The molecule has 10 heteroatoms. The van der Waals surface area contributed by atoms with Crippen LogP contribution in [-0.2, 0) is 4.79 Å². The van der Waals surface area contributed by atoms with Crippen LogP contribution in [0.25, 0.3) is 0 Å². The highest BCUT2D eigenvalue weighted by Crippen LogP contribution is 2.36. The molecule has 0 aliphatic carbocycles. The van der Waals surface area contributed by atoms with Crippen molar-refractivity contribution >= 4 is 41.3 Å². The summed E-state index contributed by atoms with van der Waals surface area (Å²) in [5.74, 6) is 0.307. The van der Waals surface area contributed by atoms with E-state index in [4.69, 9.17) is 42.1 Å². The maximum Gasteiger partial charge on any atom is 0.343 e. The molecule has 0 saturated carbocycles. The number of amides is 1. The van der Waals surface area contributed by atoms with E-state index in [-0.39, 0.29) is 23.1 Å². The average Bonchev–Trinajstić information content (AvgIpc) is 2.85. The minimum atomic E-state index is -0.614. The van der Waals surface area contributed by atoms with Crippen molar-refractivity contribution in [3.8, 4) is 23.0 Å². The van der Waals surface area contributed by atoms with Crippen molar-refractivity contribution < 1.29 is 28.5 Å². The fraction of sp³-hybridized carbons (Fsp3) is 0.125. The van der Waals surface area contributed by atoms with Gasteiger partial charge in [-0.25, -0.2) is 10.2 Å². The van der Waals surface area contributed by atoms with Gasteiger partial charge in [-0.3, -0.25) is 4.79 Å². The van der Waals surface area contributed by atoms with E-state index in [1.807, 2.05) is 0 Å². The van der Waals surface area contributed by atoms with Crippen LogP contribution < -0.4 is 24.4 Å². The predicted octanol–water partition coefficient (Wildman–Crippen LogP) is 4.76. The van der Waals surface area contributed by atoms with Gasteiger partial charge >= 0.3 is 5.97 Å². The molecule has 0 fully saturated rings. The third kappa shape index (κ3) is 6.87. The lowest BCUT2D eigenvalue weighted by Crippen LogP contribution is -2.24. The normalized spacial score (nSPS) is 10.6. The SMILES string of the molecule is COc1ccc(C(=O)Oc2c(Cl)cc(/C=N\NC(=O)COc3ccc(Cl)cc3)cc2OC)cc1. The molecule has 0 aliphatic heterocycles. The number of nitrogens with zero attached hydrogens (tertiary/aromatic N) is 1. The second-order valence-corrected chi connectivity index (χ2v) is 7.53. The zero-order valence-electron chi connectivity index (χ0n) is 18.2. The molecule has 0 aliphatic rings. The fourth-order valence-corrected chi connectivity index (χ4v) is 3.07. The predicted molar refractivity (Wildman–Crippen MR) is 129 cm³/mol. The summed E-state index contributed by atoms with van der Waals surface area (Å²) >= 11 is 12.1. The number of rotatable bonds is 9. The van der Waals surface area contributed by atoms with Gasteiger partial charge in [0.2, 0.25) is 0 Å². The van der Waals surface area contributed by atoms with E-state index in [1.165, 1.54) is 26.5 Å². The molecule has 1 amide bonds. The summed E-state index contributed by atoms with van der Waals surface area (Å²) < 4.78 is 21.2. The smallest absolute Gasteiger partial charge is 0.343 e. The molecule has 176 valence electrons. The Morgan fingerprint density at radius 2 is 1.62 bits per heavy atom. The Balaban J connectivity index is 1.61. The summed E-state index contributed by atoms with van der Waals surface area (Å²) in [6, 6.07) is 16.1. The first-order chi connectivity index (χ1) is 16.4. The molecule has 0 heterocycles. The van der Waals surface area contributed by atoms with Crippen LogP contribution >= 0.6 is 23.2 Å². The van der Waals surface area contributed by atoms with Crippen LogP contribution in [0.4, 0.5) is 0 Å². The maximum absolute atomic E-state index is 12.5. The number of esters is 1. The Kier molecular flexibility index (Phi) is 8.73. The van der Waals surface area contributed by atoms with Gasteiger partial charge in [0.15, 0.2) is 18.1 Å². The number of carbonyl (C=O) groups excluding carboxylic acids is 2. The highest BCUT2D eigenvalue weighted by molar-refractivity contribution is 6.32. The van der Waals surface area contributed by atoms with E-state index in [0.29, 0.717) is 27.6 Å². The number of methoxy groups -OCH3 is 2. The minimum absolute atomic E-state index is 0.0579. The van der Waals surface area contributed by atoms with E-state index in [2.05, 4.69) is 10.5 Å². The first kappa shape index (κ1) is 24.9. The summed E-state index contributed by atoms with van der Waals surface area (Å²) in [6.45, 7) is -0.233. The van der Waals surface area contributed by atoms with E-state index < -0.39 is 11.9 Å². The van der Waals surface area contributed by atoms with Crippen LogP contribution in [0.1, 0.15) is 15.9 Å². The Hall–Kier alpha value is -3.75. The zero-order chi connectivity index (χ0) is 24.5. The molecule has 0 atom stereocenters. The number of ether oxygens (including phenoxy) is 4. The maximum atomic E-state index is 12.5. The molecule has 3 aromatic carbocycles.